The lowest BCUT2D eigenvalue weighted by Gasteiger charge is -2.47. The first kappa shape index (κ1) is 15.4. The summed E-state index contributed by atoms with van der Waals surface area (Å²) in [6, 6.07) is 4.79. The highest BCUT2D eigenvalue weighted by molar-refractivity contribution is 5.19. The van der Waals surface area contributed by atoms with Crippen LogP contribution in [-0.2, 0) is 6.54 Å². The van der Waals surface area contributed by atoms with Gasteiger partial charge in [0.2, 0.25) is 0 Å². The third-order valence-corrected chi connectivity index (χ3v) is 4.27. The van der Waals surface area contributed by atoms with Crippen molar-refractivity contribution in [3.63, 3.8) is 0 Å². The van der Waals surface area contributed by atoms with Crippen molar-refractivity contribution >= 4 is 0 Å². The fraction of sp³-hybridized carbons (Fsp3) is 0.625. The van der Waals surface area contributed by atoms with E-state index in [0.29, 0.717) is 24.1 Å². The van der Waals surface area contributed by atoms with Gasteiger partial charge in [0, 0.05) is 36.8 Å². The Bertz CT molecular complexity index is 472. The molecule has 1 aliphatic heterocycles. The van der Waals surface area contributed by atoms with Crippen LogP contribution in [0.15, 0.2) is 18.2 Å². The number of halogens is 2. The zero-order valence-electron chi connectivity index (χ0n) is 12.7. The van der Waals surface area contributed by atoms with Gasteiger partial charge in [0.25, 0.3) is 0 Å². The predicted molar refractivity (Wildman–Crippen MR) is 77.5 cm³/mol. The molecule has 1 aliphatic rings. The lowest BCUT2D eigenvalue weighted by atomic mass is 9.92. The van der Waals surface area contributed by atoms with E-state index >= 15 is 0 Å². The summed E-state index contributed by atoms with van der Waals surface area (Å²) in [5, 5.41) is 3.54. The van der Waals surface area contributed by atoms with Gasteiger partial charge in [-0.05, 0) is 25.8 Å². The number of hydrogen-bond acceptors (Lipinski definition) is 2. The van der Waals surface area contributed by atoms with Crippen LogP contribution in [0.5, 0.6) is 0 Å². The van der Waals surface area contributed by atoms with Crippen molar-refractivity contribution in [3.8, 4) is 0 Å². The second-order valence-electron chi connectivity index (χ2n) is 6.64. The second kappa shape index (κ2) is 5.78. The van der Waals surface area contributed by atoms with Crippen molar-refractivity contribution in [1.29, 1.82) is 0 Å². The minimum Gasteiger partial charge on any atom is -0.311 e. The highest BCUT2D eigenvalue weighted by Crippen LogP contribution is 2.25. The van der Waals surface area contributed by atoms with Crippen molar-refractivity contribution in [2.24, 2.45) is 5.92 Å². The summed E-state index contributed by atoms with van der Waals surface area (Å²) in [5.74, 6) is -0.968. The normalized spacial score (nSPS) is 23.2. The molecule has 1 saturated heterocycles. The third kappa shape index (κ3) is 3.18. The Labute approximate surface area is 120 Å². The first-order valence-electron chi connectivity index (χ1n) is 7.22. The average Bonchev–Trinajstić information content (AvgIpc) is 2.36. The van der Waals surface area contributed by atoms with Crippen molar-refractivity contribution in [2.45, 2.75) is 45.8 Å². The van der Waals surface area contributed by atoms with Crippen molar-refractivity contribution < 1.29 is 8.78 Å². The maximum Gasteiger partial charge on any atom is 0.163 e. The zero-order chi connectivity index (χ0) is 14.9. The Kier molecular flexibility index (Phi) is 4.45. The molecule has 4 heteroatoms. The summed E-state index contributed by atoms with van der Waals surface area (Å²) in [7, 11) is 0. The molecule has 0 bridgehead atoms. The van der Waals surface area contributed by atoms with E-state index in [1.54, 1.807) is 12.1 Å². The fourth-order valence-corrected chi connectivity index (χ4v) is 2.64. The van der Waals surface area contributed by atoms with E-state index in [9.17, 15) is 8.78 Å². The highest BCUT2D eigenvalue weighted by Gasteiger charge is 2.35. The van der Waals surface area contributed by atoms with Gasteiger partial charge in [0.05, 0.1) is 0 Å². The van der Waals surface area contributed by atoms with Crippen LogP contribution >= 0.6 is 0 Å². The Morgan fingerprint density at radius 2 is 2.05 bits per heavy atom. The number of nitrogens with one attached hydrogen (secondary N) is 1. The molecule has 0 spiro atoms. The molecule has 0 radical (unpaired) electrons. The summed E-state index contributed by atoms with van der Waals surface area (Å²) >= 11 is 0. The minimum atomic E-state index is -0.768. The zero-order valence-corrected chi connectivity index (χ0v) is 12.7. The predicted octanol–water partition coefficient (Wildman–Crippen LogP) is 3.17. The van der Waals surface area contributed by atoms with Gasteiger partial charge < -0.3 is 5.32 Å². The van der Waals surface area contributed by atoms with Crippen LogP contribution in [0.1, 0.15) is 33.3 Å². The number of piperazine rings is 1. The maximum atomic E-state index is 13.8. The fourth-order valence-electron chi connectivity index (χ4n) is 2.64. The molecule has 0 aromatic heterocycles. The molecule has 0 amide bonds. The van der Waals surface area contributed by atoms with Crippen LogP contribution in [0.4, 0.5) is 8.78 Å². The van der Waals surface area contributed by atoms with Gasteiger partial charge in [-0.1, -0.05) is 26.0 Å². The van der Waals surface area contributed by atoms with E-state index in [1.807, 2.05) is 0 Å². The van der Waals surface area contributed by atoms with Crippen LogP contribution in [0.3, 0.4) is 0 Å². The maximum absolute atomic E-state index is 13.8. The van der Waals surface area contributed by atoms with E-state index in [4.69, 9.17) is 0 Å². The van der Waals surface area contributed by atoms with Crippen LogP contribution in [-0.4, -0.2) is 29.6 Å². The highest BCUT2D eigenvalue weighted by atomic mass is 19.2. The van der Waals surface area contributed by atoms with Crippen molar-refractivity contribution in [1.82, 2.24) is 10.2 Å². The Morgan fingerprint density at radius 1 is 1.35 bits per heavy atom. The molecule has 112 valence electrons. The number of hydrogen-bond donors (Lipinski definition) is 1. The van der Waals surface area contributed by atoms with E-state index in [1.165, 1.54) is 6.07 Å². The summed E-state index contributed by atoms with van der Waals surface area (Å²) in [6.07, 6.45) is 0. The number of nitrogens with zero attached hydrogens (tertiary/aromatic N) is 1. The molecule has 1 N–H and O–H groups in total. The molecule has 0 aliphatic carbocycles. The van der Waals surface area contributed by atoms with Crippen LogP contribution in [0.25, 0.3) is 0 Å². The molecule has 1 fully saturated rings. The monoisotopic (exact) mass is 282 g/mol. The third-order valence-electron chi connectivity index (χ3n) is 4.27. The van der Waals surface area contributed by atoms with E-state index in [2.05, 4.69) is 37.9 Å². The molecule has 0 saturated carbocycles. The average molecular weight is 282 g/mol. The molecule has 1 atom stereocenters. The summed E-state index contributed by atoms with van der Waals surface area (Å²) in [6.45, 7) is 10.8. The Morgan fingerprint density at radius 3 is 2.70 bits per heavy atom. The first-order valence-corrected chi connectivity index (χ1v) is 7.22. The number of benzene rings is 1. The summed E-state index contributed by atoms with van der Waals surface area (Å²) < 4.78 is 27.2. The van der Waals surface area contributed by atoms with E-state index in [-0.39, 0.29) is 5.54 Å². The lowest BCUT2D eigenvalue weighted by molar-refractivity contribution is 0.0464. The van der Waals surface area contributed by atoms with Crippen LogP contribution in [0, 0.1) is 17.6 Å². The van der Waals surface area contributed by atoms with Gasteiger partial charge in [0.15, 0.2) is 11.6 Å². The first-order chi connectivity index (χ1) is 9.31. The Balaban J connectivity index is 2.18. The van der Waals surface area contributed by atoms with Gasteiger partial charge >= 0.3 is 0 Å². The van der Waals surface area contributed by atoms with Gasteiger partial charge in [-0.3, -0.25) is 4.90 Å². The second-order valence-corrected chi connectivity index (χ2v) is 6.64. The summed E-state index contributed by atoms with van der Waals surface area (Å²) in [4.78, 5) is 2.24. The lowest BCUT2D eigenvalue weighted by Crippen LogP contribution is -2.62. The molecule has 1 unspecified atom stereocenters. The van der Waals surface area contributed by atoms with Gasteiger partial charge in [-0.2, -0.15) is 0 Å². The van der Waals surface area contributed by atoms with Crippen molar-refractivity contribution in [2.75, 3.05) is 13.1 Å². The topological polar surface area (TPSA) is 15.3 Å². The van der Waals surface area contributed by atoms with Gasteiger partial charge in [-0.15, -0.1) is 0 Å². The van der Waals surface area contributed by atoms with Crippen molar-refractivity contribution in [3.05, 3.63) is 35.4 Å². The Hall–Kier alpha value is -1.00. The molecular weight excluding hydrogens is 258 g/mol. The molecular formula is C16H24F2N2. The molecule has 20 heavy (non-hydrogen) atoms. The van der Waals surface area contributed by atoms with Gasteiger partial charge in [0.1, 0.15) is 0 Å². The largest absolute Gasteiger partial charge is 0.311 e. The standard InChI is InChI=1S/C16H24F2N2/c1-11(2)14-9-20(16(3,4)10-19-14)8-12-6-5-7-13(17)15(12)18/h5-7,11,14,19H,8-10H2,1-4H3. The minimum absolute atomic E-state index is 0.0653. The summed E-state index contributed by atoms with van der Waals surface area (Å²) in [5.41, 5.74) is 0.368. The molecule has 2 rings (SSSR count). The number of rotatable bonds is 3. The molecule has 2 nitrogen and oxygen atoms in total. The van der Waals surface area contributed by atoms with Crippen LogP contribution in [0.2, 0.25) is 0 Å². The molecule has 1 aromatic rings. The SMILES string of the molecule is CC(C)C1CN(Cc2cccc(F)c2F)C(C)(C)CN1. The quantitative estimate of drug-likeness (QED) is 0.916. The van der Waals surface area contributed by atoms with E-state index < -0.39 is 11.6 Å². The van der Waals surface area contributed by atoms with E-state index in [0.717, 1.165) is 13.1 Å². The molecule has 1 heterocycles. The smallest absolute Gasteiger partial charge is 0.163 e. The van der Waals surface area contributed by atoms with Gasteiger partial charge in [-0.25, -0.2) is 8.78 Å². The molecule has 1 aromatic carbocycles. The van der Waals surface area contributed by atoms with Crippen LogP contribution < -0.4 is 5.32 Å².